The molecule has 172 valence electrons. The molecule has 1 aromatic heterocycles. The highest BCUT2D eigenvalue weighted by atomic mass is 16.5. The average Bonchev–Trinajstić information content (AvgIpc) is 3.37. The van der Waals surface area contributed by atoms with Gasteiger partial charge in [0, 0.05) is 49.0 Å². The zero-order valence-electron chi connectivity index (χ0n) is 18.8. The van der Waals surface area contributed by atoms with Gasteiger partial charge in [-0.3, -0.25) is 9.59 Å². The molecule has 1 fully saturated rings. The van der Waals surface area contributed by atoms with Crippen LogP contribution >= 0.6 is 0 Å². The number of benzene rings is 2. The molecule has 0 spiro atoms. The molecule has 1 aliphatic rings. The number of fused-ring (bicyclic) bond motifs is 1. The van der Waals surface area contributed by atoms with Crippen molar-refractivity contribution in [3.8, 4) is 11.5 Å². The standard InChI is InChI=1S/C25H26N2O6/c1-31-12-6-11-27-22(18-14-26-19-8-5-4-7-16(18)19)21(24(29)25(27)30)23(28)17-10-9-15(32-2)13-20(17)33-3/h4-5,7-10,13-14,22,26,28H,6,11-12H2,1-3H3/b23-21+. The summed E-state index contributed by atoms with van der Waals surface area (Å²) >= 11 is 0. The normalized spacial score (nSPS) is 17.7. The van der Waals surface area contributed by atoms with E-state index < -0.39 is 17.7 Å². The molecule has 2 N–H and O–H groups in total. The third kappa shape index (κ3) is 3.93. The average molecular weight is 450 g/mol. The maximum atomic E-state index is 13.2. The Bertz CT molecular complexity index is 1230. The molecule has 4 rings (SSSR count). The lowest BCUT2D eigenvalue weighted by Crippen LogP contribution is -2.31. The Hall–Kier alpha value is -3.78. The van der Waals surface area contributed by atoms with E-state index in [0.717, 1.165) is 16.5 Å². The van der Waals surface area contributed by atoms with Gasteiger partial charge in [-0.15, -0.1) is 0 Å². The van der Waals surface area contributed by atoms with Crippen LogP contribution in [0.1, 0.15) is 23.6 Å². The number of para-hydroxylation sites is 1. The van der Waals surface area contributed by atoms with Gasteiger partial charge in [0.25, 0.3) is 11.7 Å². The van der Waals surface area contributed by atoms with Gasteiger partial charge in [-0.2, -0.15) is 0 Å². The highest BCUT2D eigenvalue weighted by molar-refractivity contribution is 6.46. The molecule has 0 radical (unpaired) electrons. The van der Waals surface area contributed by atoms with Gasteiger partial charge >= 0.3 is 0 Å². The number of aromatic nitrogens is 1. The molecule has 33 heavy (non-hydrogen) atoms. The van der Waals surface area contributed by atoms with Gasteiger partial charge in [-0.05, 0) is 24.6 Å². The zero-order chi connectivity index (χ0) is 23.5. The van der Waals surface area contributed by atoms with Gasteiger partial charge in [0.15, 0.2) is 0 Å². The monoisotopic (exact) mass is 450 g/mol. The van der Waals surface area contributed by atoms with Crippen LogP contribution in [0.2, 0.25) is 0 Å². The number of aliphatic hydroxyl groups excluding tert-OH is 1. The Morgan fingerprint density at radius 1 is 1.09 bits per heavy atom. The van der Waals surface area contributed by atoms with Crippen molar-refractivity contribution in [1.82, 2.24) is 9.88 Å². The SMILES string of the molecule is COCCCN1C(=O)C(=O)/C(=C(/O)c2ccc(OC)cc2OC)C1c1c[nH]c2ccccc12. The van der Waals surface area contributed by atoms with Crippen LogP contribution in [0.25, 0.3) is 16.7 Å². The number of aromatic amines is 1. The minimum absolute atomic E-state index is 0.0191. The topological polar surface area (TPSA) is 101 Å². The number of hydrogen-bond acceptors (Lipinski definition) is 6. The number of ketones is 1. The molecule has 1 saturated heterocycles. The zero-order valence-corrected chi connectivity index (χ0v) is 18.8. The molecule has 0 saturated carbocycles. The van der Waals surface area contributed by atoms with Crippen molar-refractivity contribution < 1.29 is 28.9 Å². The van der Waals surface area contributed by atoms with Gasteiger partial charge in [0.1, 0.15) is 17.3 Å². The van der Waals surface area contributed by atoms with Crippen molar-refractivity contribution in [2.24, 2.45) is 0 Å². The fourth-order valence-corrected chi connectivity index (χ4v) is 4.27. The summed E-state index contributed by atoms with van der Waals surface area (Å²) in [6, 6.07) is 11.8. The van der Waals surface area contributed by atoms with Crippen LogP contribution < -0.4 is 9.47 Å². The number of carbonyl (C=O) groups is 2. The summed E-state index contributed by atoms with van der Waals surface area (Å²) in [5.74, 6) is -0.822. The first-order chi connectivity index (χ1) is 16.0. The summed E-state index contributed by atoms with van der Waals surface area (Å²) in [4.78, 5) is 31.0. The molecule has 1 amide bonds. The predicted octanol–water partition coefficient (Wildman–Crippen LogP) is 3.64. The number of Topliss-reactive ketones (excluding diaryl/α,β-unsaturated/α-hetero) is 1. The number of amides is 1. The van der Waals surface area contributed by atoms with Crippen LogP contribution in [0.5, 0.6) is 11.5 Å². The molecule has 8 nitrogen and oxygen atoms in total. The Balaban J connectivity index is 1.91. The van der Waals surface area contributed by atoms with Crippen LogP contribution in [0.4, 0.5) is 0 Å². The number of ether oxygens (including phenoxy) is 3. The van der Waals surface area contributed by atoms with E-state index in [1.54, 1.807) is 31.5 Å². The van der Waals surface area contributed by atoms with Gasteiger partial charge in [0.2, 0.25) is 0 Å². The molecule has 1 unspecified atom stereocenters. The molecule has 8 heteroatoms. The molecule has 1 atom stereocenters. The summed E-state index contributed by atoms with van der Waals surface area (Å²) in [6.45, 7) is 0.745. The lowest BCUT2D eigenvalue weighted by molar-refractivity contribution is -0.140. The lowest BCUT2D eigenvalue weighted by Gasteiger charge is -2.25. The molecular formula is C25H26N2O6. The third-order valence-corrected chi connectivity index (χ3v) is 5.87. The number of rotatable bonds is 8. The van der Waals surface area contributed by atoms with E-state index in [4.69, 9.17) is 14.2 Å². The fourth-order valence-electron chi connectivity index (χ4n) is 4.27. The van der Waals surface area contributed by atoms with Crippen molar-refractivity contribution in [1.29, 1.82) is 0 Å². The molecule has 2 heterocycles. The van der Waals surface area contributed by atoms with Crippen LogP contribution in [-0.2, 0) is 14.3 Å². The van der Waals surface area contributed by atoms with Crippen LogP contribution in [0, 0.1) is 0 Å². The van der Waals surface area contributed by atoms with Crippen molar-refractivity contribution in [3.05, 3.63) is 65.4 Å². The maximum Gasteiger partial charge on any atom is 0.295 e. The number of methoxy groups -OCH3 is 3. The van der Waals surface area contributed by atoms with E-state index in [-0.39, 0.29) is 11.3 Å². The molecular weight excluding hydrogens is 424 g/mol. The molecule has 0 aliphatic carbocycles. The van der Waals surface area contributed by atoms with E-state index >= 15 is 0 Å². The smallest absolute Gasteiger partial charge is 0.295 e. The van der Waals surface area contributed by atoms with Crippen LogP contribution in [-0.4, -0.2) is 61.2 Å². The second-order valence-corrected chi connectivity index (χ2v) is 7.69. The van der Waals surface area contributed by atoms with E-state index in [2.05, 4.69) is 4.98 Å². The Kier molecular flexibility index (Phi) is 6.37. The van der Waals surface area contributed by atoms with Crippen LogP contribution in [0.3, 0.4) is 0 Å². The summed E-state index contributed by atoms with van der Waals surface area (Å²) in [5.41, 5.74) is 1.93. The number of likely N-dealkylation sites (tertiary alicyclic amines) is 1. The fraction of sp³-hybridized carbons (Fsp3) is 0.280. The van der Waals surface area contributed by atoms with Crippen molar-refractivity contribution >= 4 is 28.4 Å². The first-order valence-electron chi connectivity index (χ1n) is 10.6. The summed E-state index contributed by atoms with van der Waals surface area (Å²) in [6.07, 6.45) is 2.33. The first-order valence-corrected chi connectivity index (χ1v) is 10.6. The molecule has 2 aromatic carbocycles. The quantitative estimate of drug-likeness (QED) is 0.235. The Morgan fingerprint density at radius 2 is 1.88 bits per heavy atom. The summed E-state index contributed by atoms with van der Waals surface area (Å²) in [7, 11) is 4.57. The number of nitrogens with one attached hydrogen (secondary N) is 1. The number of carbonyl (C=O) groups excluding carboxylic acids is 2. The second kappa shape index (κ2) is 9.38. The molecule has 0 bridgehead atoms. The Labute approximate surface area is 191 Å². The highest BCUT2D eigenvalue weighted by Gasteiger charge is 2.46. The number of hydrogen-bond donors (Lipinski definition) is 2. The maximum absolute atomic E-state index is 13.2. The first kappa shape index (κ1) is 22.4. The summed E-state index contributed by atoms with van der Waals surface area (Å²) < 4.78 is 15.8. The number of H-pyrrole nitrogens is 1. The summed E-state index contributed by atoms with van der Waals surface area (Å²) in [5, 5.41) is 12.2. The van der Waals surface area contributed by atoms with E-state index in [1.807, 2.05) is 24.3 Å². The molecule has 3 aromatic rings. The van der Waals surface area contributed by atoms with E-state index in [1.165, 1.54) is 19.1 Å². The van der Waals surface area contributed by atoms with Gasteiger partial charge in [-0.1, -0.05) is 18.2 Å². The van der Waals surface area contributed by atoms with Crippen molar-refractivity contribution in [3.63, 3.8) is 0 Å². The third-order valence-electron chi connectivity index (χ3n) is 5.87. The van der Waals surface area contributed by atoms with Gasteiger partial charge < -0.3 is 29.2 Å². The van der Waals surface area contributed by atoms with Crippen molar-refractivity contribution in [2.75, 3.05) is 34.5 Å². The van der Waals surface area contributed by atoms with Crippen molar-refractivity contribution in [2.45, 2.75) is 12.5 Å². The Morgan fingerprint density at radius 3 is 2.61 bits per heavy atom. The molecule has 1 aliphatic heterocycles. The van der Waals surface area contributed by atoms with E-state index in [9.17, 15) is 14.7 Å². The largest absolute Gasteiger partial charge is 0.507 e. The minimum Gasteiger partial charge on any atom is -0.507 e. The second-order valence-electron chi connectivity index (χ2n) is 7.69. The van der Waals surface area contributed by atoms with Gasteiger partial charge in [0.05, 0.1) is 31.4 Å². The van der Waals surface area contributed by atoms with Gasteiger partial charge in [-0.25, -0.2) is 0 Å². The van der Waals surface area contributed by atoms with Crippen LogP contribution in [0.15, 0.2) is 54.2 Å². The predicted molar refractivity (Wildman–Crippen MR) is 123 cm³/mol. The lowest BCUT2D eigenvalue weighted by atomic mass is 9.94. The number of nitrogens with zero attached hydrogens (tertiary/aromatic N) is 1. The van der Waals surface area contributed by atoms with E-state index in [0.29, 0.717) is 36.6 Å². The number of aliphatic hydroxyl groups is 1. The highest BCUT2D eigenvalue weighted by Crippen LogP contribution is 2.43. The minimum atomic E-state index is -0.759.